The van der Waals surface area contributed by atoms with Crippen molar-refractivity contribution in [2.75, 3.05) is 0 Å². The fraction of sp³-hybridized carbons (Fsp3) is 0.318. The molecule has 0 atom stereocenters. The number of nitrogens with zero attached hydrogens (tertiary/aromatic N) is 1. The van der Waals surface area contributed by atoms with Crippen LogP contribution in [-0.4, -0.2) is 4.98 Å². The van der Waals surface area contributed by atoms with Crippen LogP contribution in [0, 0.1) is 6.92 Å². The predicted molar refractivity (Wildman–Crippen MR) is 106 cm³/mol. The molecule has 0 fully saturated rings. The fourth-order valence-electron chi connectivity index (χ4n) is 2.98. The van der Waals surface area contributed by atoms with E-state index in [0.29, 0.717) is 0 Å². The van der Waals surface area contributed by atoms with Gasteiger partial charge < -0.3 is 0 Å². The molecule has 0 spiro atoms. The molecule has 0 radical (unpaired) electrons. The Bertz CT molecular complexity index is 771. The van der Waals surface area contributed by atoms with Crippen LogP contribution in [-0.2, 0) is 6.42 Å². The first kappa shape index (κ1) is 16.9. The van der Waals surface area contributed by atoms with Crippen molar-refractivity contribution in [3.63, 3.8) is 0 Å². The third-order valence-electron chi connectivity index (χ3n) is 4.42. The molecule has 0 N–H and O–H groups in total. The topological polar surface area (TPSA) is 12.9 Å². The van der Waals surface area contributed by atoms with Crippen molar-refractivity contribution in [3.05, 3.63) is 65.2 Å². The average Bonchev–Trinajstić information content (AvgIpc) is 3.08. The van der Waals surface area contributed by atoms with Crippen LogP contribution in [0.25, 0.3) is 21.7 Å². The molecule has 0 amide bonds. The number of hydrogen-bond donors (Lipinski definition) is 0. The molecule has 0 unspecified atom stereocenters. The largest absolute Gasteiger partial charge is 0.256 e. The molecule has 0 saturated heterocycles. The van der Waals surface area contributed by atoms with Crippen LogP contribution in [0.2, 0.25) is 0 Å². The summed E-state index contributed by atoms with van der Waals surface area (Å²) in [5.41, 5.74) is 6.29. The van der Waals surface area contributed by atoms with E-state index in [4.69, 9.17) is 0 Å². The maximum absolute atomic E-state index is 4.57. The van der Waals surface area contributed by atoms with Crippen LogP contribution in [0.5, 0.6) is 0 Å². The van der Waals surface area contributed by atoms with Crippen molar-refractivity contribution in [2.24, 2.45) is 0 Å². The van der Waals surface area contributed by atoms with Crippen molar-refractivity contribution in [1.82, 2.24) is 4.98 Å². The SMILES string of the molecule is CCCCCCc1ccsc1-c1ccnc(-c2ccc(C)cc2)c1. The standard InChI is InChI=1S/C22H25NS/c1-3-4-5-6-7-19-13-15-24-22(19)20-12-14-23-21(16-20)18-10-8-17(2)9-11-18/h8-16H,3-7H2,1-2H3. The van der Waals surface area contributed by atoms with Crippen molar-refractivity contribution >= 4 is 11.3 Å². The number of benzene rings is 1. The molecule has 0 saturated carbocycles. The smallest absolute Gasteiger partial charge is 0.0708 e. The number of rotatable bonds is 7. The maximum Gasteiger partial charge on any atom is 0.0708 e. The minimum atomic E-state index is 1.05. The molecule has 0 aliphatic carbocycles. The van der Waals surface area contributed by atoms with Gasteiger partial charge in [-0.15, -0.1) is 11.3 Å². The fourth-order valence-corrected chi connectivity index (χ4v) is 3.93. The molecular formula is C22H25NS. The lowest BCUT2D eigenvalue weighted by Gasteiger charge is -2.07. The number of pyridine rings is 1. The van der Waals surface area contributed by atoms with E-state index in [-0.39, 0.29) is 0 Å². The summed E-state index contributed by atoms with van der Waals surface area (Å²) in [6, 6.07) is 15.3. The van der Waals surface area contributed by atoms with Gasteiger partial charge in [0.15, 0.2) is 0 Å². The lowest BCUT2D eigenvalue weighted by atomic mass is 10.0. The minimum absolute atomic E-state index is 1.05. The quantitative estimate of drug-likeness (QED) is 0.427. The zero-order valence-corrected chi connectivity index (χ0v) is 15.4. The summed E-state index contributed by atoms with van der Waals surface area (Å²) < 4.78 is 0. The van der Waals surface area contributed by atoms with Crippen LogP contribution in [0.15, 0.2) is 54.0 Å². The molecule has 0 aliphatic rings. The predicted octanol–water partition coefficient (Wildman–Crippen LogP) is 6.91. The molecule has 1 aromatic carbocycles. The van der Waals surface area contributed by atoms with Gasteiger partial charge in [-0.2, -0.15) is 0 Å². The summed E-state index contributed by atoms with van der Waals surface area (Å²) in [7, 11) is 0. The van der Waals surface area contributed by atoms with E-state index >= 15 is 0 Å². The summed E-state index contributed by atoms with van der Waals surface area (Å²) in [6.07, 6.45) is 8.36. The van der Waals surface area contributed by atoms with Crippen LogP contribution in [0.4, 0.5) is 0 Å². The molecule has 124 valence electrons. The van der Waals surface area contributed by atoms with Gasteiger partial charge in [-0.25, -0.2) is 0 Å². The van der Waals surface area contributed by atoms with Crippen molar-refractivity contribution in [1.29, 1.82) is 0 Å². The van der Waals surface area contributed by atoms with E-state index in [1.54, 1.807) is 0 Å². The normalized spacial score (nSPS) is 10.9. The first-order valence-electron chi connectivity index (χ1n) is 8.88. The Hall–Kier alpha value is -1.93. The molecule has 1 nitrogen and oxygen atoms in total. The van der Waals surface area contributed by atoms with Crippen LogP contribution >= 0.6 is 11.3 Å². The van der Waals surface area contributed by atoms with Gasteiger partial charge in [0.25, 0.3) is 0 Å². The molecule has 3 rings (SSSR count). The lowest BCUT2D eigenvalue weighted by molar-refractivity contribution is 0.668. The molecule has 2 heterocycles. The molecule has 3 aromatic rings. The number of hydrogen-bond acceptors (Lipinski definition) is 2. The number of thiophene rings is 1. The molecule has 0 aliphatic heterocycles. The third kappa shape index (κ3) is 4.12. The second-order valence-electron chi connectivity index (χ2n) is 6.38. The summed E-state index contributed by atoms with van der Waals surface area (Å²) in [6.45, 7) is 4.38. The van der Waals surface area contributed by atoms with E-state index < -0.39 is 0 Å². The Balaban J connectivity index is 1.82. The highest BCUT2D eigenvalue weighted by Crippen LogP contribution is 2.32. The zero-order chi connectivity index (χ0) is 16.8. The van der Waals surface area contributed by atoms with Gasteiger partial charge in [-0.1, -0.05) is 56.0 Å². The Morgan fingerprint density at radius 2 is 1.75 bits per heavy atom. The van der Waals surface area contributed by atoms with E-state index in [1.807, 2.05) is 17.5 Å². The Morgan fingerprint density at radius 3 is 2.54 bits per heavy atom. The van der Waals surface area contributed by atoms with Gasteiger partial charge in [-0.3, -0.25) is 4.98 Å². The van der Waals surface area contributed by atoms with Gasteiger partial charge in [0, 0.05) is 16.6 Å². The molecular weight excluding hydrogens is 310 g/mol. The molecule has 24 heavy (non-hydrogen) atoms. The van der Waals surface area contributed by atoms with Crippen LogP contribution in [0.1, 0.15) is 43.7 Å². The number of aryl methyl sites for hydroxylation is 2. The Morgan fingerprint density at radius 1 is 0.917 bits per heavy atom. The van der Waals surface area contributed by atoms with Crippen molar-refractivity contribution in [2.45, 2.75) is 46.0 Å². The average molecular weight is 336 g/mol. The van der Waals surface area contributed by atoms with Crippen LogP contribution < -0.4 is 0 Å². The van der Waals surface area contributed by atoms with E-state index in [9.17, 15) is 0 Å². The number of unbranched alkanes of at least 4 members (excludes halogenated alkanes) is 3. The van der Waals surface area contributed by atoms with Crippen molar-refractivity contribution < 1.29 is 0 Å². The van der Waals surface area contributed by atoms with Gasteiger partial charge >= 0.3 is 0 Å². The number of aromatic nitrogens is 1. The summed E-state index contributed by atoms with van der Waals surface area (Å²) in [5, 5.41) is 2.22. The maximum atomic E-state index is 4.57. The zero-order valence-electron chi connectivity index (χ0n) is 14.6. The monoisotopic (exact) mass is 335 g/mol. The minimum Gasteiger partial charge on any atom is -0.256 e. The molecule has 0 bridgehead atoms. The summed E-state index contributed by atoms with van der Waals surface area (Å²) >= 11 is 1.84. The third-order valence-corrected chi connectivity index (χ3v) is 5.42. The second kappa shape index (κ2) is 8.25. The first-order valence-corrected chi connectivity index (χ1v) is 9.75. The van der Waals surface area contributed by atoms with Gasteiger partial charge in [0.1, 0.15) is 0 Å². The summed E-state index contributed by atoms with van der Waals surface area (Å²) in [4.78, 5) is 5.97. The van der Waals surface area contributed by atoms with E-state index in [1.165, 1.54) is 59.2 Å². The van der Waals surface area contributed by atoms with E-state index in [0.717, 1.165) is 5.69 Å². The Kier molecular flexibility index (Phi) is 5.81. The Labute approximate surface area is 149 Å². The summed E-state index contributed by atoms with van der Waals surface area (Å²) in [5.74, 6) is 0. The molecule has 2 aromatic heterocycles. The highest BCUT2D eigenvalue weighted by molar-refractivity contribution is 7.13. The second-order valence-corrected chi connectivity index (χ2v) is 7.30. The van der Waals surface area contributed by atoms with Crippen molar-refractivity contribution in [3.8, 4) is 21.7 Å². The van der Waals surface area contributed by atoms with Gasteiger partial charge in [0.05, 0.1) is 5.69 Å². The highest BCUT2D eigenvalue weighted by Gasteiger charge is 2.09. The first-order chi connectivity index (χ1) is 11.8. The van der Waals surface area contributed by atoms with Gasteiger partial charge in [-0.05, 0) is 54.5 Å². The molecule has 2 heteroatoms. The lowest BCUT2D eigenvalue weighted by Crippen LogP contribution is -1.88. The van der Waals surface area contributed by atoms with Gasteiger partial charge in [0.2, 0.25) is 0 Å². The van der Waals surface area contributed by atoms with E-state index in [2.05, 4.69) is 66.7 Å². The van der Waals surface area contributed by atoms with Crippen LogP contribution in [0.3, 0.4) is 0 Å². The highest BCUT2D eigenvalue weighted by atomic mass is 32.1.